The number of ether oxygens (including phenoxy) is 2. The van der Waals surface area contributed by atoms with Crippen LogP contribution >= 0.6 is 0 Å². The van der Waals surface area contributed by atoms with Crippen LogP contribution in [0.1, 0.15) is 50.5 Å². The van der Waals surface area contributed by atoms with E-state index in [4.69, 9.17) is 9.47 Å². The maximum absolute atomic E-state index is 12.4. The summed E-state index contributed by atoms with van der Waals surface area (Å²) in [6.07, 6.45) is -0.906. The lowest BCUT2D eigenvalue weighted by molar-refractivity contribution is -0.162. The third-order valence-electron chi connectivity index (χ3n) is 4.68. The van der Waals surface area contributed by atoms with Gasteiger partial charge in [0, 0.05) is 18.7 Å². The summed E-state index contributed by atoms with van der Waals surface area (Å²) in [6, 6.07) is 6.41. The van der Waals surface area contributed by atoms with Crippen molar-refractivity contribution in [1.29, 1.82) is 0 Å². The van der Waals surface area contributed by atoms with E-state index in [2.05, 4.69) is 26.1 Å². The standard InChI is InChI=1S/C21H30N2O5/c1-14(20(26)28-15(2)19(25)23-10-12-27-13-11-23)22-18(24)16-6-8-17(9-7-16)21(3,4)5/h6-9,14-15H,10-13H2,1-5H3,(H,22,24)/t14-,15+/m1/s1. The maximum Gasteiger partial charge on any atom is 0.329 e. The van der Waals surface area contributed by atoms with Crippen LogP contribution in [0.25, 0.3) is 0 Å². The number of esters is 1. The second kappa shape index (κ2) is 9.19. The Morgan fingerprint density at radius 3 is 2.18 bits per heavy atom. The Morgan fingerprint density at radius 1 is 1.07 bits per heavy atom. The van der Waals surface area contributed by atoms with E-state index < -0.39 is 18.1 Å². The molecule has 1 aromatic rings. The minimum atomic E-state index is -0.906. The highest BCUT2D eigenvalue weighted by molar-refractivity contribution is 5.97. The molecule has 2 rings (SSSR count). The van der Waals surface area contributed by atoms with Gasteiger partial charge in [0.2, 0.25) is 0 Å². The van der Waals surface area contributed by atoms with E-state index in [1.807, 2.05) is 12.1 Å². The third-order valence-corrected chi connectivity index (χ3v) is 4.68. The van der Waals surface area contributed by atoms with Crippen molar-refractivity contribution in [3.05, 3.63) is 35.4 Å². The van der Waals surface area contributed by atoms with Crippen LogP contribution in [0, 0.1) is 0 Å². The van der Waals surface area contributed by atoms with Crippen LogP contribution in [0.2, 0.25) is 0 Å². The fourth-order valence-corrected chi connectivity index (χ4v) is 2.83. The van der Waals surface area contributed by atoms with E-state index in [0.717, 1.165) is 5.56 Å². The number of amides is 2. The highest BCUT2D eigenvalue weighted by Crippen LogP contribution is 2.22. The highest BCUT2D eigenvalue weighted by atomic mass is 16.5. The number of nitrogens with one attached hydrogen (secondary N) is 1. The van der Waals surface area contributed by atoms with Crippen LogP contribution in [0.5, 0.6) is 0 Å². The van der Waals surface area contributed by atoms with Gasteiger partial charge in [0.15, 0.2) is 6.10 Å². The van der Waals surface area contributed by atoms with E-state index in [1.165, 1.54) is 13.8 Å². The molecule has 0 spiro atoms. The van der Waals surface area contributed by atoms with Crippen LogP contribution in [0.15, 0.2) is 24.3 Å². The summed E-state index contributed by atoms with van der Waals surface area (Å²) in [5.41, 5.74) is 1.58. The van der Waals surface area contributed by atoms with Crippen molar-refractivity contribution in [2.75, 3.05) is 26.3 Å². The molecule has 0 bridgehead atoms. The zero-order chi connectivity index (χ0) is 20.9. The molecule has 1 saturated heterocycles. The molecule has 0 aliphatic carbocycles. The van der Waals surface area contributed by atoms with Crippen molar-refractivity contribution >= 4 is 17.8 Å². The Bertz CT molecular complexity index is 703. The zero-order valence-corrected chi connectivity index (χ0v) is 17.3. The summed E-state index contributed by atoms with van der Waals surface area (Å²) in [7, 11) is 0. The first-order chi connectivity index (χ1) is 13.1. The van der Waals surface area contributed by atoms with Gasteiger partial charge in [-0.3, -0.25) is 9.59 Å². The van der Waals surface area contributed by atoms with Gasteiger partial charge in [-0.1, -0.05) is 32.9 Å². The number of rotatable bonds is 5. The largest absolute Gasteiger partial charge is 0.451 e. The molecule has 154 valence electrons. The van der Waals surface area contributed by atoms with Crippen LogP contribution < -0.4 is 5.32 Å². The SMILES string of the molecule is C[C@H](OC(=O)[C@@H](C)NC(=O)c1ccc(C(C)(C)C)cc1)C(=O)N1CCOCC1. The van der Waals surface area contributed by atoms with Crippen LogP contribution in [-0.4, -0.2) is 61.1 Å². The van der Waals surface area contributed by atoms with Crippen molar-refractivity contribution in [3.8, 4) is 0 Å². The van der Waals surface area contributed by atoms with Gasteiger partial charge in [0.05, 0.1) is 13.2 Å². The molecular weight excluding hydrogens is 360 g/mol. The van der Waals surface area contributed by atoms with Crippen molar-refractivity contribution < 1.29 is 23.9 Å². The van der Waals surface area contributed by atoms with Gasteiger partial charge in [0.25, 0.3) is 11.8 Å². The minimum Gasteiger partial charge on any atom is -0.451 e. The Balaban J connectivity index is 1.88. The number of carbonyl (C=O) groups is 3. The first kappa shape index (κ1) is 21.9. The molecular formula is C21H30N2O5. The smallest absolute Gasteiger partial charge is 0.329 e. The number of nitrogens with zero attached hydrogens (tertiary/aromatic N) is 1. The van der Waals surface area contributed by atoms with E-state index in [1.54, 1.807) is 17.0 Å². The summed E-state index contributed by atoms with van der Waals surface area (Å²) < 4.78 is 10.5. The lowest BCUT2D eigenvalue weighted by Crippen LogP contribution is -2.47. The lowest BCUT2D eigenvalue weighted by Gasteiger charge is -2.29. The van der Waals surface area contributed by atoms with Gasteiger partial charge >= 0.3 is 5.97 Å². The highest BCUT2D eigenvalue weighted by Gasteiger charge is 2.27. The van der Waals surface area contributed by atoms with Gasteiger partial charge in [-0.25, -0.2) is 4.79 Å². The average Bonchev–Trinajstić information content (AvgIpc) is 2.67. The number of morpholine rings is 1. The van der Waals surface area contributed by atoms with Gasteiger partial charge in [0.1, 0.15) is 6.04 Å². The second-order valence-electron chi connectivity index (χ2n) is 8.04. The van der Waals surface area contributed by atoms with E-state index in [-0.39, 0.29) is 17.2 Å². The second-order valence-corrected chi connectivity index (χ2v) is 8.04. The lowest BCUT2D eigenvalue weighted by atomic mass is 9.86. The van der Waals surface area contributed by atoms with E-state index in [9.17, 15) is 14.4 Å². The van der Waals surface area contributed by atoms with Gasteiger partial charge < -0.3 is 19.7 Å². The molecule has 0 unspecified atom stereocenters. The molecule has 28 heavy (non-hydrogen) atoms. The van der Waals surface area contributed by atoms with E-state index >= 15 is 0 Å². The quantitative estimate of drug-likeness (QED) is 0.776. The van der Waals surface area contributed by atoms with Gasteiger partial charge in [-0.15, -0.1) is 0 Å². The fourth-order valence-electron chi connectivity index (χ4n) is 2.83. The normalized spacial score (nSPS) is 16.8. The molecule has 2 amide bonds. The first-order valence-electron chi connectivity index (χ1n) is 9.58. The molecule has 1 aliphatic rings. The van der Waals surface area contributed by atoms with Crippen molar-refractivity contribution in [2.45, 2.75) is 52.2 Å². The molecule has 1 aromatic carbocycles. The Labute approximate surface area is 166 Å². The number of carbonyl (C=O) groups excluding carboxylic acids is 3. The molecule has 0 saturated carbocycles. The van der Waals surface area contributed by atoms with Crippen molar-refractivity contribution in [2.24, 2.45) is 0 Å². The van der Waals surface area contributed by atoms with Crippen LogP contribution in [-0.2, 0) is 24.5 Å². The molecule has 2 atom stereocenters. The Kier molecular flexibility index (Phi) is 7.18. The minimum absolute atomic E-state index is 0.00470. The average molecular weight is 390 g/mol. The number of benzene rings is 1. The Hall–Kier alpha value is -2.41. The van der Waals surface area contributed by atoms with Crippen LogP contribution in [0.4, 0.5) is 0 Å². The van der Waals surface area contributed by atoms with Crippen LogP contribution in [0.3, 0.4) is 0 Å². The predicted octanol–water partition coefficient (Wildman–Crippen LogP) is 1.89. The number of hydrogen-bond donors (Lipinski definition) is 1. The fraction of sp³-hybridized carbons (Fsp3) is 0.571. The summed E-state index contributed by atoms with van der Waals surface area (Å²) in [5, 5.41) is 2.62. The molecule has 0 aromatic heterocycles. The monoisotopic (exact) mass is 390 g/mol. The third kappa shape index (κ3) is 5.79. The summed E-state index contributed by atoms with van der Waals surface area (Å²) in [5.74, 6) is -1.27. The molecule has 7 heteroatoms. The maximum atomic E-state index is 12.4. The zero-order valence-electron chi connectivity index (χ0n) is 17.3. The molecule has 0 radical (unpaired) electrons. The van der Waals surface area contributed by atoms with Gasteiger partial charge in [-0.2, -0.15) is 0 Å². The number of hydrogen-bond acceptors (Lipinski definition) is 5. The summed E-state index contributed by atoms with van der Waals surface area (Å²) in [6.45, 7) is 11.3. The molecule has 1 heterocycles. The topological polar surface area (TPSA) is 84.9 Å². The van der Waals surface area contributed by atoms with Crippen molar-refractivity contribution in [1.82, 2.24) is 10.2 Å². The first-order valence-corrected chi connectivity index (χ1v) is 9.58. The van der Waals surface area contributed by atoms with Crippen molar-refractivity contribution in [3.63, 3.8) is 0 Å². The van der Waals surface area contributed by atoms with Gasteiger partial charge in [-0.05, 0) is 37.0 Å². The summed E-state index contributed by atoms with van der Waals surface area (Å²) >= 11 is 0. The summed E-state index contributed by atoms with van der Waals surface area (Å²) in [4.78, 5) is 38.6. The predicted molar refractivity (Wildman–Crippen MR) is 105 cm³/mol. The molecule has 7 nitrogen and oxygen atoms in total. The molecule has 1 aliphatic heterocycles. The van der Waals surface area contributed by atoms with E-state index in [0.29, 0.717) is 31.9 Å². The Morgan fingerprint density at radius 2 is 1.64 bits per heavy atom. The molecule has 1 N–H and O–H groups in total. The molecule has 1 fully saturated rings.